The van der Waals surface area contributed by atoms with E-state index in [0.29, 0.717) is 5.92 Å². The minimum Gasteiger partial charge on any atom is -0.349 e. The number of benzene rings is 2. The molecule has 1 amide bonds. The van der Waals surface area contributed by atoms with Gasteiger partial charge in [0.2, 0.25) is 0 Å². The van der Waals surface area contributed by atoms with Crippen molar-refractivity contribution < 1.29 is 4.79 Å². The lowest BCUT2D eigenvalue weighted by atomic mass is 9.84. The molecule has 124 valence electrons. The third-order valence-corrected chi connectivity index (χ3v) is 6.05. The standard InChI is InChI=1S/C22H25NO/c1-15(21-14-16-7-8-20(21)13-16)23-22(24)19-11-9-18(10-12-19)17-5-3-2-4-6-17/h2-6,9-12,15-16,20-21H,7-8,13-14H2,1H3,(H,23,24)/t15-,16-,20+,21-/m1/s1. The zero-order valence-electron chi connectivity index (χ0n) is 14.2. The van der Waals surface area contributed by atoms with Gasteiger partial charge in [-0.05, 0) is 67.2 Å². The van der Waals surface area contributed by atoms with Crippen LogP contribution in [0, 0.1) is 17.8 Å². The summed E-state index contributed by atoms with van der Waals surface area (Å²) in [6.45, 7) is 2.18. The molecular weight excluding hydrogens is 294 g/mol. The summed E-state index contributed by atoms with van der Waals surface area (Å²) in [5.74, 6) is 2.50. The topological polar surface area (TPSA) is 29.1 Å². The van der Waals surface area contributed by atoms with E-state index in [1.54, 1.807) is 0 Å². The summed E-state index contributed by atoms with van der Waals surface area (Å²) in [4.78, 5) is 12.6. The van der Waals surface area contributed by atoms with Crippen LogP contribution in [0.3, 0.4) is 0 Å². The molecule has 0 saturated heterocycles. The van der Waals surface area contributed by atoms with Gasteiger partial charge < -0.3 is 5.32 Å². The fourth-order valence-corrected chi connectivity index (χ4v) is 4.75. The van der Waals surface area contributed by atoms with Crippen molar-refractivity contribution in [2.75, 3.05) is 0 Å². The Morgan fingerprint density at radius 3 is 2.29 bits per heavy atom. The van der Waals surface area contributed by atoms with Crippen LogP contribution in [0.1, 0.15) is 43.0 Å². The van der Waals surface area contributed by atoms with Gasteiger partial charge in [-0.1, -0.05) is 48.9 Å². The zero-order chi connectivity index (χ0) is 16.5. The van der Waals surface area contributed by atoms with Crippen molar-refractivity contribution in [3.8, 4) is 11.1 Å². The van der Waals surface area contributed by atoms with E-state index in [-0.39, 0.29) is 11.9 Å². The van der Waals surface area contributed by atoms with Crippen LogP contribution >= 0.6 is 0 Å². The number of carbonyl (C=O) groups is 1. The average molecular weight is 319 g/mol. The molecule has 4 rings (SSSR count). The van der Waals surface area contributed by atoms with Crippen LogP contribution in [0.5, 0.6) is 0 Å². The van der Waals surface area contributed by atoms with Gasteiger partial charge >= 0.3 is 0 Å². The predicted molar refractivity (Wildman–Crippen MR) is 97.7 cm³/mol. The second-order valence-electron chi connectivity index (χ2n) is 7.54. The summed E-state index contributed by atoms with van der Waals surface area (Å²) in [5.41, 5.74) is 3.08. The lowest BCUT2D eigenvalue weighted by Crippen LogP contribution is -2.40. The van der Waals surface area contributed by atoms with Gasteiger partial charge in [0, 0.05) is 11.6 Å². The van der Waals surface area contributed by atoms with E-state index < -0.39 is 0 Å². The Balaban J connectivity index is 1.41. The Kier molecular flexibility index (Phi) is 4.13. The monoisotopic (exact) mass is 319 g/mol. The SMILES string of the molecule is C[C@@H](NC(=O)c1ccc(-c2ccccc2)cc1)[C@H]1C[C@@H]2CC[C@H]1C2. The van der Waals surface area contributed by atoms with Gasteiger partial charge in [-0.25, -0.2) is 0 Å². The molecule has 1 N–H and O–H groups in total. The van der Waals surface area contributed by atoms with Crippen molar-refractivity contribution in [3.63, 3.8) is 0 Å². The minimum atomic E-state index is 0.0601. The molecule has 2 fully saturated rings. The summed E-state index contributed by atoms with van der Waals surface area (Å²) in [6.07, 6.45) is 5.46. The summed E-state index contributed by atoms with van der Waals surface area (Å²) in [7, 11) is 0. The molecule has 2 saturated carbocycles. The van der Waals surface area contributed by atoms with Crippen molar-refractivity contribution in [1.82, 2.24) is 5.32 Å². The van der Waals surface area contributed by atoms with Crippen molar-refractivity contribution in [2.45, 2.75) is 38.6 Å². The van der Waals surface area contributed by atoms with Crippen molar-refractivity contribution in [2.24, 2.45) is 17.8 Å². The van der Waals surface area contributed by atoms with Gasteiger partial charge in [0.15, 0.2) is 0 Å². The van der Waals surface area contributed by atoms with Crippen molar-refractivity contribution in [3.05, 3.63) is 60.2 Å². The van der Waals surface area contributed by atoms with E-state index >= 15 is 0 Å². The molecule has 2 aliphatic rings. The molecule has 24 heavy (non-hydrogen) atoms. The van der Waals surface area contributed by atoms with Crippen LogP contribution in [-0.2, 0) is 0 Å². The number of rotatable bonds is 4. The highest BCUT2D eigenvalue weighted by atomic mass is 16.1. The largest absolute Gasteiger partial charge is 0.349 e. The predicted octanol–water partition coefficient (Wildman–Crippen LogP) is 4.91. The van der Waals surface area contributed by atoms with Crippen LogP contribution in [-0.4, -0.2) is 11.9 Å². The summed E-state index contributed by atoms with van der Waals surface area (Å²) in [6, 6.07) is 18.5. The Morgan fingerprint density at radius 1 is 0.958 bits per heavy atom. The van der Waals surface area contributed by atoms with Crippen LogP contribution < -0.4 is 5.32 Å². The first kappa shape index (κ1) is 15.4. The molecule has 0 heterocycles. The molecule has 0 unspecified atom stereocenters. The second kappa shape index (κ2) is 6.43. The Labute approximate surface area is 144 Å². The van der Waals surface area contributed by atoms with Gasteiger partial charge in [-0.15, -0.1) is 0 Å². The van der Waals surface area contributed by atoms with E-state index in [2.05, 4.69) is 24.4 Å². The van der Waals surface area contributed by atoms with Crippen LogP contribution in [0.2, 0.25) is 0 Å². The van der Waals surface area contributed by atoms with E-state index in [1.165, 1.54) is 31.2 Å². The first-order valence-electron chi connectivity index (χ1n) is 9.17. The number of carbonyl (C=O) groups excluding carboxylic acids is 1. The van der Waals surface area contributed by atoms with Crippen LogP contribution in [0.25, 0.3) is 11.1 Å². The summed E-state index contributed by atoms with van der Waals surface area (Å²) < 4.78 is 0. The average Bonchev–Trinajstić information content (AvgIpc) is 3.26. The number of nitrogens with one attached hydrogen (secondary N) is 1. The molecule has 4 atom stereocenters. The Bertz CT molecular complexity index is 707. The second-order valence-corrected chi connectivity index (χ2v) is 7.54. The first-order valence-corrected chi connectivity index (χ1v) is 9.17. The quantitative estimate of drug-likeness (QED) is 0.852. The highest BCUT2D eigenvalue weighted by Gasteiger charge is 2.42. The van der Waals surface area contributed by atoms with Gasteiger partial charge in [-0.2, -0.15) is 0 Å². The zero-order valence-corrected chi connectivity index (χ0v) is 14.2. The smallest absolute Gasteiger partial charge is 0.251 e. The number of hydrogen-bond acceptors (Lipinski definition) is 1. The Hall–Kier alpha value is -2.09. The Morgan fingerprint density at radius 2 is 1.67 bits per heavy atom. The molecule has 2 bridgehead atoms. The maximum atomic E-state index is 12.6. The molecule has 2 nitrogen and oxygen atoms in total. The van der Waals surface area contributed by atoms with E-state index in [9.17, 15) is 4.79 Å². The molecule has 0 spiro atoms. The molecule has 0 aromatic heterocycles. The first-order chi connectivity index (χ1) is 11.7. The number of amides is 1. The molecule has 2 heteroatoms. The highest BCUT2D eigenvalue weighted by Crippen LogP contribution is 2.49. The third kappa shape index (κ3) is 2.98. The lowest BCUT2D eigenvalue weighted by molar-refractivity contribution is 0.0915. The summed E-state index contributed by atoms with van der Waals surface area (Å²) >= 11 is 0. The van der Waals surface area contributed by atoms with Crippen LogP contribution in [0.4, 0.5) is 0 Å². The number of hydrogen-bond donors (Lipinski definition) is 1. The molecule has 2 aliphatic carbocycles. The maximum Gasteiger partial charge on any atom is 0.251 e. The van der Waals surface area contributed by atoms with E-state index in [1.807, 2.05) is 42.5 Å². The third-order valence-electron chi connectivity index (χ3n) is 6.05. The van der Waals surface area contributed by atoms with Crippen LogP contribution in [0.15, 0.2) is 54.6 Å². The highest BCUT2D eigenvalue weighted by molar-refractivity contribution is 5.94. The number of fused-ring (bicyclic) bond motifs is 2. The minimum absolute atomic E-state index is 0.0601. The van der Waals surface area contributed by atoms with Gasteiger partial charge in [0.25, 0.3) is 5.91 Å². The van der Waals surface area contributed by atoms with Gasteiger partial charge in [-0.3, -0.25) is 4.79 Å². The van der Waals surface area contributed by atoms with E-state index in [4.69, 9.17) is 0 Å². The van der Waals surface area contributed by atoms with E-state index in [0.717, 1.165) is 23.0 Å². The lowest BCUT2D eigenvalue weighted by Gasteiger charge is -2.28. The van der Waals surface area contributed by atoms with Gasteiger partial charge in [0.1, 0.15) is 0 Å². The van der Waals surface area contributed by atoms with Crippen molar-refractivity contribution >= 4 is 5.91 Å². The summed E-state index contributed by atoms with van der Waals surface area (Å²) in [5, 5.41) is 3.24. The van der Waals surface area contributed by atoms with Gasteiger partial charge in [0.05, 0.1) is 0 Å². The molecule has 2 aromatic carbocycles. The maximum absolute atomic E-state index is 12.6. The molecule has 2 aromatic rings. The van der Waals surface area contributed by atoms with Crippen molar-refractivity contribution in [1.29, 1.82) is 0 Å². The molecular formula is C22H25NO. The molecule has 0 aliphatic heterocycles. The normalized spacial score (nSPS) is 26.3. The fraction of sp³-hybridized carbons (Fsp3) is 0.409. The molecule has 0 radical (unpaired) electrons. The fourth-order valence-electron chi connectivity index (χ4n) is 4.75.